The quantitative estimate of drug-likeness (QED) is 0.347. The van der Waals surface area contributed by atoms with Crippen molar-refractivity contribution < 1.29 is 9.53 Å². The lowest BCUT2D eigenvalue weighted by molar-refractivity contribution is -0.118. The number of ether oxygens (including phenoxy) is 1. The molecule has 0 saturated carbocycles. The van der Waals surface area contributed by atoms with Crippen LogP contribution in [0, 0.1) is 0 Å². The van der Waals surface area contributed by atoms with Crippen molar-refractivity contribution in [3.05, 3.63) is 107 Å². The Hall–Kier alpha value is -2.75. The fourth-order valence-electron chi connectivity index (χ4n) is 5.06. The molecule has 1 saturated heterocycles. The molecule has 0 N–H and O–H groups in total. The molecule has 0 bridgehead atoms. The number of nitrogens with zero attached hydrogens (tertiary/aromatic N) is 1. The SMILES string of the molecule is CC(=O)C[C@@H](c1ccc(C(C)(C)C)cc1)N1CCC(OC(c2ccccc2)c2ccccc2)CC1. The number of hydrogen-bond donors (Lipinski definition) is 0. The number of Topliss-reactive ketones (excluding diaryl/α,β-unsaturated/α-hetero) is 1. The minimum absolute atomic E-state index is 0.0630. The smallest absolute Gasteiger partial charge is 0.131 e. The highest BCUT2D eigenvalue weighted by Crippen LogP contribution is 2.34. The predicted octanol–water partition coefficient (Wildman–Crippen LogP) is 7.27. The van der Waals surface area contributed by atoms with Crippen LogP contribution in [0.1, 0.15) is 81.4 Å². The lowest BCUT2D eigenvalue weighted by atomic mass is 9.85. The molecule has 1 atom stereocenters. The second-order valence-corrected chi connectivity index (χ2v) is 10.9. The van der Waals surface area contributed by atoms with Gasteiger partial charge in [-0.1, -0.05) is 106 Å². The van der Waals surface area contributed by atoms with Crippen LogP contribution in [-0.4, -0.2) is 29.9 Å². The second-order valence-electron chi connectivity index (χ2n) is 10.9. The minimum Gasteiger partial charge on any atom is -0.365 e. The first-order chi connectivity index (χ1) is 16.8. The van der Waals surface area contributed by atoms with E-state index in [-0.39, 0.29) is 29.4 Å². The van der Waals surface area contributed by atoms with E-state index in [0.717, 1.165) is 25.9 Å². The standard InChI is InChI=1S/C32H39NO2/c1-24(34)23-30(25-15-17-28(18-16-25)32(2,3)4)33-21-19-29(20-22-33)35-31(26-11-7-5-8-12-26)27-13-9-6-10-14-27/h5-18,29-31H,19-23H2,1-4H3/t30-/m0/s1. The van der Waals surface area contributed by atoms with Gasteiger partial charge in [-0.05, 0) is 47.4 Å². The van der Waals surface area contributed by atoms with Crippen LogP contribution in [0.15, 0.2) is 84.9 Å². The number of likely N-dealkylation sites (tertiary alicyclic amines) is 1. The van der Waals surface area contributed by atoms with Crippen LogP contribution >= 0.6 is 0 Å². The van der Waals surface area contributed by atoms with Crippen LogP contribution in [0.2, 0.25) is 0 Å². The van der Waals surface area contributed by atoms with Gasteiger partial charge in [-0.3, -0.25) is 9.69 Å². The van der Waals surface area contributed by atoms with E-state index < -0.39 is 0 Å². The van der Waals surface area contributed by atoms with E-state index in [2.05, 4.69) is 98.5 Å². The average molecular weight is 470 g/mol. The first kappa shape index (κ1) is 25.3. The molecule has 3 heteroatoms. The fourth-order valence-corrected chi connectivity index (χ4v) is 5.06. The molecule has 0 aromatic heterocycles. The van der Waals surface area contributed by atoms with Crippen molar-refractivity contribution in [3.8, 4) is 0 Å². The molecule has 1 aliphatic heterocycles. The van der Waals surface area contributed by atoms with Crippen molar-refractivity contribution in [1.29, 1.82) is 0 Å². The molecule has 3 aromatic rings. The maximum Gasteiger partial charge on any atom is 0.131 e. The highest BCUT2D eigenvalue weighted by atomic mass is 16.5. The number of carbonyl (C=O) groups excluding carboxylic acids is 1. The summed E-state index contributed by atoms with van der Waals surface area (Å²) in [4.78, 5) is 14.6. The third-order valence-corrected chi connectivity index (χ3v) is 7.09. The molecule has 1 fully saturated rings. The summed E-state index contributed by atoms with van der Waals surface area (Å²) in [6, 6.07) is 30.0. The molecule has 3 aromatic carbocycles. The summed E-state index contributed by atoms with van der Waals surface area (Å²) in [5, 5.41) is 0. The third kappa shape index (κ3) is 6.68. The molecule has 0 spiro atoms. The normalized spacial score (nSPS) is 16.4. The zero-order valence-electron chi connectivity index (χ0n) is 21.6. The van der Waals surface area contributed by atoms with Crippen molar-refractivity contribution >= 4 is 5.78 Å². The summed E-state index contributed by atoms with van der Waals surface area (Å²) in [5.41, 5.74) is 5.06. The molecule has 0 radical (unpaired) electrons. The molecule has 1 aliphatic rings. The van der Waals surface area contributed by atoms with Gasteiger partial charge in [0, 0.05) is 25.6 Å². The molecule has 0 aliphatic carbocycles. The summed E-state index contributed by atoms with van der Waals surface area (Å²) >= 11 is 0. The van der Waals surface area contributed by atoms with Crippen LogP contribution in [0.4, 0.5) is 0 Å². The van der Waals surface area contributed by atoms with Crippen LogP contribution < -0.4 is 0 Å². The Balaban J connectivity index is 1.46. The number of carbonyl (C=O) groups is 1. The van der Waals surface area contributed by atoms with E-state index in [0.29, 0.717) is 6.42 Å². The van der Waals surface area contributed by atoms with Gasteiger partial charge in [0.1, 0.15) is 11.9 Å². The first-order valence-electron chi connectivity index (χ1n) is 12.9. The Morgan fingerprint density at radius 2 is 1.34 bits per heavy atom. The largest absolute Gasteiger partial charge is 0.365 e. The monoisotopic (exact) mass is 469 g/mol. The van der Waals surface area contributed by atoms with Crippen LogP contribution in [0.5, 0.6) is 0 Å². The summed E-state index contributed by atoms with van der Waals surface area (Å²) < 4.78 is 6.74. The Morgan fingerprint density at radius 3 is 1.80 bits per heavy atom. The van der Waals surface area contributed by atoms with Gasteiger partial charge >= 0.3 is 0 Å². The minimum atomic E-state index is -0.0630. The van der Waals surface area contributed by atoms with E-state index in [1.54, 1.807) is 6.92 Å². The van der Waals surface area contributed by atoms with Gasteiger partial charge < -0.3 is 4.74 Å². The highest BCUT2D eigenvalue weighted by Gasteiger charge is 2.29. The Kier molecular flexibility index (Phi) is 8.20. The van der Waals surface area contributed by atoms with E-state index >= 15 is 0 Å². The van der Waals surface area contributed by atoms with Crippen LogP contribution in [0.3, 0.4) is 0 Å². The number of piperidine rings is 1. The average Bonchev–Trinajstić information content (AvgIpc) is 2.87. The van der Waals surface area contributed by atoms with E-state index in [4.69, 9.17) is 4.74 Å². The predicted molar refractivity (Wildman–Crippen MR) is 144 cm³/mol. The van der Waals surface area contributed by atoms with Gasteiger partial charge in [0.15, 0.2) is 0 Å². The lowest BCUT2D eigenvalue weighted by Gasteiger charge is -2.38. The van der Waals surface area contributed by atoms with Gasteiger partial charge in [-0.25, -0.2) is 0 Å². The number of rotatable bonds is 8. The topological polar surface area (TPSA) is 29.5 Å². The molecular formula is C32H39NO2. The zero-order chi connectivity index (χ0) is 24.8. The van der Waals surface area contributed by atoms with E-state index in [9.17, 15) is 4.79 Å². The Labute approximate surface area is 211 Å². The Morgan fingerprint density at radius 1 is 0.829 bits per heavy atom. The van der Waals surface area contributed by atoms with Crippen molar-refractivity contribution in [2.45, 2.75) is 70.6 Å². The molecule has 1 heterocycles. The number of ketones is 1. The maximum absolute atomic E-state index is 12.2. The van der Waals surface area contributed by atoms with Gasteiger partial charge in [-0.2, -0.15) is 0 Å². The molecular weight excluding hydrogens is 430 g/mol. The lowest BCUT2D eigenvalue weighted by Crippen LogP contribution is -2.40. The maximum atomic E-state index is 12.2. The van der Waals surface area contributed by atoms with Gasteiger partial charge in [0.25, 0.3) is 0 Å². The van der Waals surface area contributed by atoms with E-state index in [1.807, 2.05) is 12.1 Å². The van der Waals surface area contributed by atoms with Crippen molar-refractivity contribution in [2.75, 3.05) is 13.1 Å². The molecule has 0 amide bonds. The number of hydrogen-bond acceptors (Lipinski definition) is 3. The van der Waals surface area contributed by atoms with Gasteiger partial charge in [0.2, 0.25) is 0 Å². The van der Waals surface area contributed by atoms with Gasteiger partial charge in [-0.15, -0.1) is 0 Å². The summed E-state index contributed by atoms with van der Waals surface area (Å²) in [6.45, 7) is 10.3. The second kappa shape index (κ2) is 11.3. The van der Waals surface area contributed by atoms with Crippen LogP contribution in [0.25, 0.3) is 0 Å². The number of benzene rings is 3. The zero-order valence-corrected chi connectivity index (χ0v) is 21.6. The summed E-state index contributed by atoms with van der Waals surface area (Å²) in [6.07, 6.45) is 2.61. The molecule has 35 heavy (non-hydrogen) atoms. The van der Waals surface area contributed by atoms with Crippen molar-refractivity contribution in [1.82, 2.24) is 4.90 Å². The summed E-state index contributed by atoms with van der Waals surface area (Å²) in [7, 11) is 0. The van der Waals surface area contributed by atoms with Crippen molar-refractivity contribution in [3.63, 3.8) is 0 Å². The van der Waals surface area contributed by atoms with E-state index in [1.165, 1.54) is 22.3 Å². The molecule has 3 nitrogen and oxygen atoms in total. The highest BCUT2D eigenvalue weighted by molar-refractivity contribution is 5.76. The third-order valence-electron chi connectivity index (χ3n) is 7.09. The summed E-state index contributed by atoms with van der Waals surface area (Å²) in [5.74, 6) is 0.237. The Bertz CT molecular complexity index is 1020. The molecule has 4 rings (SSSR count). The van der Waals surface area contributed by atoms with Crippen molar-refractivity contribution in [2.24, 2.45) is 0 Å². The first-order valence-corrected chi connectivity index (χ1v) is 12.9. The van der Waals surface area contributed by atoms with Gasteiger partial charge in [0.05, 0.1) is 6.10 Å². The molecule has 0 unspecified atom stereocenters. The molecule has 184 valence electrons. The fraction of sp³-hybridized carbons (Fsp3) is 0.406. The van der Waals surface area contributed by atoms with Crippen LogP contribution in [-0.2, 0) is 14.9 Å².